The molecule has 1 saturated heterocycles. The van der Waals surface area contributed by atoms with Crippen LogP contribution in [-0.4, -0.2) is 49.7 Å². The summed E-state index contributed by atoms with van der Waals surface area (Å²) in [5.41, 5.74) is -3.94. The van der Waals surface area contributed by atoms with Crippen molar-refractivity contribution >= 4 is 5.97 Å². The molecule has 4 N–H and O–H groups in total. The van der Waals surface area contributed by atoms with E-state index in [2.05, 4.69) is 6.58 Å². The van der Waals surface area contributed by atoms with Crippen LogP contribution in [0, 0.1) is 0 Å². The number of aromatic amines is 1. The van der Waals surface area contributed by atoms with Crippen molar-refractivity contribution in [3.05, 3.63) is 45.3 Å². The van der Waals surface area contributed by atoms with E-state index in [-0.39, 0.29) is 6.42 Å². The summed E-state index contributed by atoms with van der Waals surface area (Å²) in [4.78, 5) is 36.2. The lowest BCUT2D eigenvalue weighted by atomic mass is 9.98. The molecular weight excluding hydrogens is 284 g/mol. The van der Waals surface area contributed by atoms with Crippen molar-refractivity contribution in [2.45, 2.75) is 24.4 Å². The Bertz CT molecular complexity index is 691. The van der Waals surface area contributed by atoms with E-state index in [1.807, 2.05) is 4.98 Å². The van der Waals surface area contributed by atoms with E-state index in [4.69, 9.17) is 14.9 Å². The van der Waals surface area contributed by atoms with Gasteiger partial charge in [-0.05, 0) is 0 Å². The van der Waals surface area contributed by atoms with Gasteiger partial charge >= 0.3 is 11.7 Å². The van der Waals surface area contributed by atoms with Crippen LogP contribution in [0.15, 0.2) is 34.0 Å². The third-order valence-corrected chi connectivity index (χ3v) is 3.38. The molecule has 1 fully saturated rings. The minimum Gasteiger partial charge on any atom is -0.478 e. The molecule has 0 aromatic carbocycles. The van der Waals surface area contributed by atoms with Gasteiger partial charge in [-0.3, -0.25) is 14.3 Å². The van der Waals surface area contributed by atoms with Crippen molar-refractivity contribution in [1.82, 2.24) is 9.55 Å². The minimum absolute atomic E-state index is 0.296. The minimum atomic E-state index is -1.88. The molecule has 2 rings (SSSR count). The lowest BCUT2D eigenvalue weighted by Gasteiger charge is -2.30. The monoisotopic (exact) mass is 298 g/mol. The number of nitrogens with one attached hydrogen (secondary N) is 1. The van der Waals surface area contributed by atoms with Gasteiger partial charge in [0, 0.05) is 18.7 Å². The van der Waals surface area contributed by atoms with Crippen LogP contribution in [0.25, 0.3) is 0 Å². The Morgan fingerprint density at radius 2 is 2.24 bits per heavy atom. The van der Waals surface area contributed by atoms with Crippen LogP contribution in [0.1, 0.15) is 6.42 Å². The van der Waals surface area contributed by atoms with E-state index in [0.29, 0.717) is 0 Å². The highest BCUT2D eigenvalue weighted by Crippen LogP contribution is 2.39. The second-order valence-corrected chi connectivity index (χ2v) is 4.66. The Morgan fingerprint density at radius 1 is 1.57 bits per heavy atom. The highest BCUT2D eigenvalue weighted by Gasteiger charge is 2.51. The first-order valence-electron chi connectivity index (χ1n) is 6.03. The summed E-state index contributed by atoms with van der Waals surface area (Å²) in [6.07, 6.45) is -1.50. The van der Waals surface area contributed by atoms with E-state index >= 15 is 0 Å². The van der Waals surface area contributed by atoms with Crippen LogP contribution in [0.2, 0.25) is 0 Å². The van der Waals surface area contributed by atoms with E-state index in [9.17, 15) is 19.5 Å². The van der Waals surface area contributed by atoms with Gasteiger partial charge in [0.1, 0.15) is 6.10 Å². The van der Waals surface area contributed by atoms with Gasteiger partial charge in [-0.15, -0.1) is 0 Å². The number of hydrogen-bond acceptors (Lipinski definition) is 6. The van der Waals surface area contributed by atoms with E-state index in [0.717, 1.165) is 16.8 Å². The van der Waals surface area contributed by atoms with Gasteiger partial charge in [0.2, 0.25) is 0 Å². The van der Waals surface area contributed by atoms with Crippen molar-refractivity contribution < 1.29 is 24.9 Å². The average Bonchev–Trinajstić information content (AvgIpc) is 2.75. The van der Waals surface area contributed by atoms with Crippen molar-refractivity contribution in [1.29, 1.82) is 0 Å². The number of aliphatic hydroxyl groups excluding tert-OH is 2. The lowest BCUT2D eigenvalue weighted by molar-refractivity contribution is -0.142. The molecule has 9 heteroatoms. The molecule has 0 spiro atoms. The number of carbonyl (C=O) groups is 1. The molecular formula is C12H14N2O7. The summed E-state index contributed by atoms with van der Waals surface area (Å²) in [5, 5.41) is 28.1. The number of ether oxygens (including phenoxy) is 1. The van der Waals surface area contributed by atoms with Crippen LogP contribution in [0.3, 0.4) is 0 Å². The topological polar surface area (TPSA) is 142 Å². The summed E-state index contributed by atoms with van der Waals surface area (Å²) in [6, 6.07) is 1.01. The van der Waals surface area contributed by atoms with Gasteiger partial charge in [-0.2, -0.15) is 0 Å². The number of H-pyrrole nitrogens is 1. The second-order valence-electron chi connectivity index (χ2n) is 4.66. The lowest BCUT2D eigenvalue weighted by Crippen LogP contribution is -2.46. The van der Waals surface area contributed by atoms with Crippen LogP contribution in [-0.2, 0) is 15.3 Å². The van der Waals surface area contributed by atoms with Crippen molar-refractivity contribution in [3.8, 4) is 0 Å². The maximum Gasteiger partial charge on any atom is 0.335 e. The Balaban J connectivity index is 2.63. The first-order chi connectivity index (χ1) is 9.81. The molecule has 0 bridgehead atoms. The molecule has 1 aromatic heterocycles. The number of aromatic nitrogens is 2. The number of nitrogens with zero attached hydrogens (tertiary/aromatic N) is 1. The van der Waals surface area contributed by atoms with Gasteiger partial charge in [0.15, 0.2) is 5.72 Å². The summed E-state index contributed by atoms with van der Waals surface area (Å²) in [5.74, 6) is -1.43. The van der Waals surface area contributed by atoms with E-state index in [1.54, 1.807) is 0 Å². The molecule has 2 heterocycles. The van der Waals surface area contributed by atoms with Crippen molar-refractivity contribution in [3.63, 3.8) is 0 Å². The van der Waals surface area contributed by atoms with E-state index < -0.39 is 47.3 Å². The Morgan fingerprint density at radius 3 is 2.71 bits per heavy atom. The Hall–Kier alpha value is -2.23. The first-order valence-corrected chi connectivity index (χ1v) is 6.03. The third kappa shape index (κ3) is 2.42. The molecule has 114 valence electrons. The zero-order valence-electron chi connectivity index (χ0n) is 10.9. The fraction of sp³-hybridized carbons (Fsp3) is 0.417. The number of hydrogen-bond donors (Lipinski definition) is 4. The molecule has 21 heavy (non-hydrogen) atoms. The molecule has 3 atom stereocenters. The molecule has 0 unspecified atom stereocenters. The van der Waals surface area contributed by atoms with Crippen molar-refractivity contribution in [2.24, 2.45) is 0 Å². The smallest absolute Gasteiger partial charge is 0.335 e. The zero-order chi connectivity index (χ0) is 15.8. The molecule has 0 amide bonds. The summed E-state index contributed by atoms with van der Waals surface area (Å²) in [7, 11) is 0. The maximum absolute atomic E-state index is 11.9. The SMILES string of the molecule is C=C(C(=O)O)[C@]1(n2ccc(=O)[nH]c2=O)C[C@H](O)[C@@H](CO)O1. The highest BCUT2D eigenvalue weighted by molar-refractivity contribution is 5.87. The van der Waals surface area contributed by atoms with Crippen LogP contribution in [0.4, 0.5) is 0 Å². The molecule has 0 saturated carbocycles. The predicted molar refractivity (Wildman–Crippen MR) is 68.7 cm³/mol. The maximum atomic E-state index is 11.9. The van der Waals surface area contributed by atoms with Crippen LogP contribution >= 0.6 is 0 Å². The molecule has 9 nitrogen and oxygen atoms in total. The largest absolute Gasteiger partial charge is 0.478 e. The van der Waals surface area contributed by atoms with Gasteiger partial charge < -0.3 is 20.1 Å². The summed E-state index contributed by atoms with van der Waals surface area (Å²) >= 11 is 0. The highest BCUT2D eigenvalue weighted by atomic mass is 16.6. The predicted octanol–water partition coefficient (Wildman–Crippen LogP) is -2.03. The Labute approximate surface area is 117 Å². The molecule has 1 aromatic rings. The normalized spacial score (nSPS) is 28.5. The fourth-order valence-corrected chi connectivity index (χ4v) is 2.31. The zero-order valence-corrected chi connectivity index (χ0v) is 10.9. The molecule has 0 radical (unpaired) electrons. The first kappa shape index (κ1) is 15.2. The quantitative estimate of drug-likeness (QED) is 0.470. The number of carboxylic acids is 1. The van der Waals surface area contributed by atoms with Gasteiger partial charge in [-0.25, -0.2) is 9.59 Å². The summed E-state index contributed by atoms with van der Waals surface area (Å²) in [6.45, 7) is 2.82. The molecule has 0 aliphatic carbocycles. The Kier molecular flexibility index (Phi) is 3.81. The van der Waals surface area contributed by atoms with Gasteiger partial charge in [0.05, 0.1) is 18.3 Å². The van der Waals surface area contributed by atoms with E-state index in [1.165, 1.54) is 0 Å². The van der Waals surface area contributed by atoms with Gasteiger partial charge in [0.25, 0.3) is 5.56 Å². The van der Waals surface area contributed by atoms with Gasteiger partial charge in [-0.1, -0.05) is 6.58 Å². The summed E-state index contributed by atoms with van der Waals surface area (Å²) < 4.78 is 6.24. The number of rotatable bonds is 4. The number of aliphatic carboxylic acids is 1. The number of carboxylic acid groups (broad SMARTS) is 1. The fourth-order valence-electron chi connectivity index (χ4n) is 2.31. The standard InChI is InChI=1S/C12H14N2O7/c1-6(10(18)19)12(4-7(16)8(5-15)21-12)14-3-2-9(17)13-11(14)20/h2-3,7-8,15-16H,1,4-5H2,(H,18,19)(H,13,17,20)/t7-,8+,12-/m0/s1. The molecule has 1 aliphatic rings. The van der Waals surface area contributed by atoms with Crippen LogP contribution < -0.4 is 11.2 Å². The average molecular weight is 298 g/mol. The van der Waals surface area contributed by atoms with Crippen molar-refractivity contribution in [2.75, 3.05) is 6.61 Å². The number of aliphatic hydroxyl groups is 2. The third-order valence-electron chi connectivity index (χ3n) is 3.38. The second kappa shape index (κ2) is 5.28. The van der Waals surface area contributed by atoms with Crippen LogP contribution in [0.5, 0.6) is 0 Å². The molecule has 1 aliphatic heterocycles.